The van der Waals surface area contributed by atoms with Gasteiger partial charge in [-0.3, -0.25) is 9.78 Å². The Morgan fingerprint density at radius 1 is 1.26 bits per heavy atom. The third-order valence-corrected chi connectivity index (χ3v) is 5.10. The van der Waals surface area contributed by atoms with Crippen LogP contribution < -0.4 is 10.0 Å². The normalized spacial score (nSPS) is 14.5. The molecule has 120 valence electrons. The largest absolute Gasteiger partial charge is 0.321 e. The van der Waals surface area contributed by atoms with Crippen molar-refractivity contribution in [2.45, 2.75) is 30.7 Å². The molecular formula is C16H17N3O3S. The Bertz CT molecular complexity index is 831. The molecular weight excluding hydrogens is 314 g/mol. The number of anilines is 1. The van der Waals surface area contributed by atoms with Crippen molar-refractivity contribution < 1.29 is 13.2 Å². The summed E-state index contributed by atoms with van der Waals surface area (Å²) in [4.78, 5) is 16.4. The van der Waals surface area contributed by atoms with Crippen molar-refractivity contribution >= 4 is 21.6 Å². The Hall–Kier alpha value is -2.25. The zero-order valence-electron chi connectivity index (χ0n) is 12.6. The second-order valence-corrected chi connectivity index (χ2v) is 7.28. The van der Waals surface area contributed by atoms with Crippen molar-refractivity contribution in [1.29, 1.82) is 0 Å². The molecule has 0 atom stereocenters. The van der Waals surface area contributed by atoms with Gasteiger partial charge in [-0.15, -0.1) is 0 Å². The molecule has 1 saturated carbocycles. The van der Waals surface area contributed by atoms with Crippen LogP contribution in [0.25, 0.3) is 0 Å². The zero-order chi connectivity index (χ0) is 16.4. The van der Waals surface area contributed by atoms with E-state index in [9.17, 15) is 13.2 Å². The molecule has 2 N–H and O–H groups in total. The summed E-state index contributed by atoms with van der Waals surface area (Å²) in [5.41, 5.74) is 1.59. The number of aryl methyl sites for hydroxylation is 1. The lowest BCUT2D eigenvalue weighted by molar-refractivity contribution is 0.102. The van der Waals surface area contributed by atoms with Gasteiger partial charge in [-0.2, -0.15) is 0 Å². The quantitative estimate of drug-likeness (QED) is 0.878. The summed E-state index contributed by atoms with van der Waals surface area (Å²) < 4.78 is 27.2. The zero-order valence-corrected chi connectivity index (χ0v) is 13.4. The van der Waals surface area contributed by atoms with Gasteiger partial charge in [0.1, 0.15) is 0 Å². The Kier molecular flexibility index (Phi) is 4.14. The van der Waals surface area contributed by atoms with E-state index in [2.05, 4.69) is 15.0 Å². The van der Waals surface area contributed by atoms with Crippen LogP contribution in [0.2, 0.25) is 0 Å². The SMILES string of the molecule is Cc1ccc(S(=O)(=O)NC2CC2)cc1C(=O)Nc1cccnc1. The fraction of sp³-hybridized carbons (Fsp3) is 0.250. The van der Waals surface area contributed by atoms with Crippen LogP contribution in [0, 0.1) is 6.92 Å². The minimum atomic E-state index is -3.59. The van der Waals surface area contributed by atoms with Gasteiger partial charge in [-0.25, -0.2) is 13.1 Å². The number of benzene rings is 1. The highest BCUT2D eigenvalue weighted by Crippen LogP contribution is 2.23. The van der Waals surface area contributed by atoms with E-state index < -0.39 is 10.0 Å². The number of carbonyl (C=O) groups excluding carboxylic acids is 1. The van der Waals surface area contributed by atoms with Crippen molar-refractivity contribution in [1.82, 2.24) is 9.71 Å². The number of amides is 1. The number of carbonyl (C=O) groups is 1. The van der Waals surface area contributed by atoms with Crippen LogP contribution in [0.4, 0.5) is 5.69 Å². The van der Waals surface area contributed by atoms with E-state index in [1.165, 1.54) is 18.3 Å². The van der Waals surface area contributed by atoms with Crippen molar-refractivity contribution in [3.05, 3.63) is 53.9 Å². The molecule has 0 unspecified atom stereocenters. The van der Waals surface area contributed by atoms with E-state index in [1.807, 2.05) is 0 Å². The second-order valence-electron chi connectivity index (χ2n) is 5.57. The first-order chi connectivity index (χ1) is 11.0. The minimum absolute atomic E-state index is 0.0222. The van der Waals surface area contributed by atoms with E-state index in [0.717, 1.165) is 12.8 Å². The molecule has 6 nitrogen and oxygen atoms in total. The van der Waals surface area contributed by atoms with Crippen LogP contribution in [0.5, 0.6) is 0 Å². The highest BCUT2D eigenvalue weighted by molar-refractivity contribution is 7.89. The van der Waals surface area contributed by atoms with Crippen LogP contribution in [-0.2, 0) is 10.0 Å². The lowest BCUT2D eigenvalue weighted by Gasteiger charge is -2.11. The molecule has 0 spiro atoms. The van der Waals surface area contributed by atoms with Crippen LogP contribution in [-0.4, -0.2) is 25.4 Å². The molecule has 3 rings (SSSR count). The van der Waals surface area contributed by atoms with Crippen LogP contribution in [0.15, 0.2) is 47.6 Å². The predicted molar refractivity (Wildman–Crippen MR) is 86.7 cm³/mol. The van der Waals surface area contributed by atoms with Gasteiger partial charge in [0, 0.05) is 17.8 Å². The number of rotatable bonds is 5. The molecule has 1 aromatic carbocycles. The molecule has 1 aromatic heterocycles. The summed E-state index contributed by atoms with van der Waals surface area (Å²) >= 11 is 0. The fourth-order valence-electron chi connectivity index (χ4n) is 2.14. The van der Waals surface area contributed by atoms with Gasteiger partial charge in [0.25, 0.3) is 5.91 Å². The van der Waals surface area contributed by atoms with Crippen molar-refractivity contribution in [2.24, 2.45) is 0 Å². The molecule has 0 bridgehead atoms. The maximum atomic E-state index is 12.4. The van der Waals surface area contributed by atoms with Crippen molar-refractivity contribution in [2.75, 3.05) is 5.32 Å². The fourth-order valence-corrected chi connectivity index (χ4v) is 3.47. The first-order valence-corrected chi connectivity index (χ1v) is 8.78. The lowest BCUT2D eigenvalue weighted by atomic mass is 10.1. The molecule has 1 fully saturated rings. The molecule has 0 radical (unpaired) electrons. The Morgan fingerprint density at radius 3 is 2.70 bits per heavy atom. The van der Waals surface area contributed by atoms with E-state index in [1.54, 1.807) is 31.3 Å². The maximum absolute atomic E-state index is 12.4. The van der Waals surface area contributed by atoms with Gasteiger partial charge in [0.05, 0.1) is 16.8 Å². The molecule has 7 heteroatoms. The average Bonchev–Trinajstić information content (AvgIpc) is 3.31. The molecule has 1 heterocycles. The first kappa shape index (κ1) is 15.6. The van der Waals surface area contributed by atoms with Gasteiger partial charge in [-0.1, -0.05) is 6.07 Å². The van der Waals surface area contributed by atoms with Gasteiger partial charge in [-0.05, 0) is 49.6 Å². The maximum Gasteiger partial charge on any atom is 0.256 e. The summed E-state index contributed by atoms with van der Waals surface area (Å²) in [7, 11) is -3.59. The number of aromatic nitrogens is 1. The summed E-state index contributed by atoms with van der Waals surface area (Å²) in [6.45, 7) is 1.77. The van der Waals surface area contributed by atoms with E-state index in [4.69, 9.17) is 0 Å². The predicted octanol–water partition coefficient (Wildman–Crippen LogP) is 2.08. The molecule has 1 aliphatic carbocycles. The van der Waals surface area contributed by atoms with E-state index in [0.29, 0.717) is 16.8 Å². The molecule has 0 saturated heterocycles. The molecule has 23 heavy (non-hydrogen) atoms. The average molecular weight is 331 g/mol. The summed E-state index contributed by atoms with van der Waals surface area (Å²) in [6.07, 6.45) is 4.86. The second kappa shape index (κ2) is 6.10. The highest BCUT2D eigenvalue weighted by Gasteiger charge is 2.28. The summed E-state index contributed by atoms with van der Waals surface area (Å²) in [6, 6.07) is 8.01. The van der Waals surface area contributed by atoms with Gasteiger partial charge < -0.3 is 5.32 Å². The van der Waals surface area contributed by atoms with Gasteiger partial charge >= 0.3 is 0 Å². The topological polar surface area (TPSA) is 88.2 Å². The number of sulfonamides is 1. The number of nitrogens with one attached hydrogen (secondary N) is 2. The molecule has 1 amide bonds. The van der Waals surface area contributed by atoms with E-state index >= 15 is 0 Å². The number of hydrogen-bond donors (Lipinski definition) is 2. The Labute approximate surface area is 135 Å². The van der Waals surface area contributed by atoms with Crippen molar-refractivity contribution in [3.63, 3.8) is 0 Å². The summed E-state index contributed by atoms with van der Waals surface area (Å²) in [5.74, 6) is -0.362. The van der Waals surface area contributed by atoms with Crippen LogP contribution >= 0.6 is 0 Å². The van der Waals surface area contributed by atoms with Crippen molar-refractivity contribution in [3.8, 4) is 0 Å². The minimum Gasteiger partial charge on any atom is -0.321 e. The third kappa shape index (κ3) is 3.75. The third-order valence-electron chi connectivity index (χ3n) is 3.58. The highest BCUT2D eigenvalue weighted by atomic mass is 32.2. The molecule has 2 aromatic rings. The van der Waals surface area contributed by atoms with Crippen LogP contribution in [0.3, 0.4) is 0 Å². The number of hydrogen-bond acceptors (Lipinski definition) is 4. The summed E-state index contributed by atoms with van der Waals surface area (Å²) in [5, 5.41) is 2.71. The van der Waals surface area contributed by atoms with Crippen LogP contribution in [0.1, 0.15) is 28.8 Å². The van der Waals surface area contributed by atoms with Gasteiger partial charge in [0.15, 0.2) is 0 Å². The van der Waals surface area contributed by atoms with E-state index in [-0.39, 0.29) is 16.8 Å². The monoisotopic (exact) mass is 331 g/mol. The standard InChI is InChI=1S/C16H17N3O3S/c1-11-4-7-14(23(21,22)19-12-5-6-12)9-15(11)16(20)18-13-3-2-8-17-10-13/h2-4,7-10,12,19H,5-6H2,1H3,(H,18,20). The molecule has 0 aliphatic heterocycles. The number of pyridine rings is 1. The Morgan fingerprint density at radius 2 is 2.04 bits per heavy atom. The first-order valence-electron chi connectivity index (χ1n) is 7.30. The van der Waals surface area contributed by atoms with Gasteiger partial charge in [0.2, 0.25) is 10.0 Å². The smallest absolute Gasteiger partial charge is 0.256 e. The number of nitrogens with zero attached hydrogens (tertiary/aromatic N) is 1. The molecule has 1 aliphatic rings. The lowest BCUT2D eigenvalue weighted by Crippen LogP contribution is -2.26. The Balaban J connectivity index is 1.86.